The third-order valence-electron chi connectivity index (χ3n) is 3.48. The van der Waals surface area contributed by atoms with Crippen LogP contribution in [0.3, 0.4) is 0 Å². The molecule has 0 bridgehead atoms. The number of aryl methyl sites for hydroxylation is 1. The van der Waals surface area contributed by atoms with Gasteiger partial charge in [-0.1, -0.05) is 17.4 Å². The molecule has 3 aromatic heterocycles. The maximum atomic E-state index is 12.3. The molecule has 1 aliphatic rings. The Morgan fingerprint density at radius 1 is 1.40 bits per heavy atom. The molecule has 0 unspecified atom stereocenters. The van der Waals surface area contributed by atoms with Crippen molar-refractivity contribution in [2.24, 2.45) is 4.99 Å². The molecule has 0 spiro atoms. The molecule has 4 rings (SSSR count). The fourth-order valence-corrected chi connectivity index (χ4v) is 3.50. The summed E-state index contributed by atoms with van der Waals surface area (Å²) >= 11 is 1.45. The summed E-state index contributed by atoms with van der Waals surface area (Å²) in [7, 11) is 0. The molecular formula is C14H12N4OS. The predicted octanol–water partition coefficient (Wildman–Crippen LogP) is 0.328. The minimum absolute atomic E-state index is 0.0523. The van der Waals surface area contributed by atoms with E-state index in [0.29, 0.717) is 6.54 Å². The van der Waals surface area contributed by atoms with Crippen molar-refractivity contribution in [3.63, 3.8) is 0 Å². The van der Waals surface area contributed by atoms with Crippen LogP contribution in [-0.2, 0) is 6.54 Å². The van der Waals surface area contributed by atoms with E-state index >= 15 is 0 Å². The lowest BCUT2D eigenvalue weighted by Gasteiger charge is -1.95. The third kappa shape index (κ3) is 1.58. The summed E-state index contributed by atoms with van der Waals surface area (Å²) in [6, 6.07) is 5.88. The minimum atomic E-state index is 0.0523. The highest BCUT2D eigenvalue weighted by atomic mass is 32.1. The second kappa shape index (κ2) is 4.14. The fourth-order valence-electron chi connectivity index (χ4n) is 2.50. The van der Waals surface area contributed by atoms with Crippen LogP contribution in [0.1, 0.15) is 11.4 Å². The van der Waals surface area contributed by atoms with Gasteiger partial charge in [-0.3, -0.25) is 18.8 Å². The molecule has 6 heteroatoms. The van der Waals surface area contributed by atoms with Crippen LogP contribution in [0.2, 0.25) is 0 Å². The zero-order chi connectivity index (χ0) is 13.7. The number of imidazole rings is 1. The average Bonchev–Trinajstić information content (AvgIpc) is 3.09. The van der Waals surface area contributed by atoms with Crippen molar-refractivity contribution in [1.29, 1.82) is 0 Å². The van der Waals surface area contributed by atoms with E-state index in [2.05, 4.69) is 9.98 Å². The topological polar surface area (TPSA) is 51.7 Å². The largest absolute Gasteiger partial charge is 0.300 e. The minimum Gasteiger partial charge on any atom is -0.300 e. The van der Waals surface area contributed by atoms with Gasteiger partial charge in [-0.2, -0.15) is 0 Å². The average molecular weight is 284 g/mol. The van der Waals surface area contributed by atoms with Gasteiger partial charge in [-0.25, -0.2) is 4.98 Å². The van der Waals surface area contributed by atoms with Gasteiger partial charge < -0.3 is 0 Å². The molecular weight excluding hydrogens is 272 g/mol. The second-order valence-electron chi connectivity index (χ2n) is 4.74. The SMILES string of the molecule is Cc1nc2ccccn2c1/C=c1/sc2n(c1=O)CCN=2. The van der Waals surface area contributed by atoms with Crippen LogP contribution in [0.25, 0.3) is 11.7 Å². The molecule has 1 aliphatic heterocycles. The zero-order valence-electron chi connectivity index (χ0n) is 10.9. The van der Waals surface area contributed by atoms with Gasteiger partial charge >= 0.3 is 0 Å². The Kier molecular flexibility index (Phi) is 2.40. The van der Waals surface area contributed by atoms with E-state index in [9.17, 15) is 4.79 Å². The van der Waals surface area contributed by atoms with Gasteiger partial charge in [0.1, 0.15) is 5.65 Å². The smallest absolute Gasteiger partial charge is 0.270 e. The third-order valence-corrected chi connectivity index (χ3v) is 4.52. The number of pyridine rings is 1. The Hall–Kier alpha value is -2.21. The molecule has 5 nitrogen and oxygen atoms in total. The summed E-state index contributed by atoms with van der Waals surface area (Å²) in [6.07, 6.45) is 3.88. The van der Waals surface area contributed by atoms with Gasteiger partial charge in [0.15, 0.2) is 4.80 Å². The normalized spacial score (nSPS) is 14.8. The molecule has 0 saturated carbocycles. The van der Waals surface area contributed by atoms with Crippen molar-refractivity contribution in [2.45, 2.75) is 13.5 Å². The Balaban J connectivity index is 2.04. The highest BCUT2D eigenvalue weighted by Gasteiger charge is 2.11. The van der Waals surface area contributed by atoms with Gasteiger partial charge in [-0.15, -0.1) is 0 Å². The van der Waals surface area contributed by atoms with Crippen LogP contribution < -0.4 is 14.9 Å². The van der Waals surface area contributed by atoms with Crippen molar-refractivity contribution in [1.82, 2.24) is 14.0 Å². The van der Waals surface area contributed by atoms with Gasteiger partial charge in [-0.05, 0) is 25.1 Å². The van der Waals surface area contributed by atoms with Crippen molar-refractivity contribution >= 4 is 23.1 Å². The highest BCUT2D eigenvalue weighted by molar-refractivity contribution is 7.07. The lowest BCUT2D eigenvalue weighted by molar-refractivity contribution is 0.740. The summed E-state index contributed by atoms with van der Waals surface area (Å²) in [5.41, 5.74) is 2.82. The maximum Gasteiger partial charge on any atom is 0.270 e. The van der Waals surface area contributed by atoms with Crippen LogP contribution in [0.5, 0.6) is 0 Å². The molecule has 4 heterocycles. The summed E-state index contributed by atoms with van der Waals surface area (Å²) in [4.78, 5) is 22.0. The van der Waals surface area contributed by atoms with Gasteiger partial charge in [0.05, 0.1) is 22.5 Å². The van der Waals surface area contributed by atoms with E-state index in [0.717, 1.165) is 32.9 Å². The zero-order valence-corrected chi connectivity index (χ0v) is 11.7. The Labute approximate surface area is 118 Å². The van der Waals surface area contributed by atoms with Gasteiger partial charge in [0.2, 0.25) is 0 Å². The van der Waals surface area contributed by atoms with Crippen LogP contribution in [0.15, 0.2) is 34.2 Å². The van der Waals surface area contributed by atoms with Crippen molar-refractivity contribution in [3.05, 3.63) is 55.5 Å². The molecule has 3 aromatic rings. The van der Waals surface area contributed by atoms with E-state index < -0.39 is 0 Å². The Morgan fingerprint density at radius 2 is 2.30 bits per heavy atom. The number of nitrogens with zero attached hydrogens (tertiary/aromatic N) is 4. The number of hydrogen-bond acceptors (Lipinski definition) is 4. The van der Waals surface area contributed by atoms with E-state index in [1.54, 1.807) is 4.57 Å². The first kappa shape index (κ1) is 11.6. The molecule has 0 atom stereocenters. The molecule has 0 aliphatic carbocycles. The lowest BCUT2D eigenvalue weighted by Crippen LogP contribution is -2.29. The lowest BCUT2D eigenvalue weighted by atomic mass is 10.3. The molecule has 100 valence electrons. The van der Waals surface area contributed by atoms with Gasteiger partial charge in [0, 0.05) is 12.7 Å². The van der Waals surface area contributed by atoms with Crippen LogP contribution in [-0.4, -0.2) is 20.5 Å². The molecule has 0 amide bonds. The summed E-state index contributed by atoms with van der Waals surface area (Å²) < 4.78 is 4.47. The van der Waals surface area contributed by atoms with Crippen molar-refractivity contribution < 1.29 is 0 Å². The molecule has 0 aromatic carbocycles. The summed E-state index contributed by atoms with van der Waals surface area (Å²) in [5.74, 6) is 0. The monoisotopic (exact) mass is 284 g/mol. The van der Waals surface area contributed by atoms with Crippen LogP contribution >= 0.6 is 11.3 Å². The number of aromatic nitrogens is 3. The number of hydrogen-bond donors (Lipinski definition) is 0. The first-order chi connectivity index (χ1) is 9.74. The van der Waals surface area contributed by atoms with E-state index in [4.69, 9.17) is 0 Å². The van der Waals surface area contributed by atoms with E-state index in [1.807, 2.05) is 41.8 Å². The molecule has 0 radical (unpaired) electrons. The van der Waals surface area contributed by atoms with Crippen LogP contribution in [0, 0.1) is 6.92 Å². The maximum absolute atomic E-state index is 12.3. The number of thiazole rings is 1. The second-order valence-corrected chi connectivity index (χ2v) is 5.75. The predicted molar refractivity (Wildman–Crippen MR) is 77.7 cm³/mol. The number of fused-ring (bicyclic) bond motifs is 2. The standard InChI is InChI=1S/C14H12N4OS/c1-9-10(17-6-3-2-4-12(17)16-9)8-11-13(19)18-7-5-15-14(18)20-11/h2-4,6,8H,5,7H2,1H3/b11-8+. The van der Waals surface area contributed by atoms with E-state index in [-0.39, 0.29) is 5.56 Å². The van der Waals surface area contributed by atoms with Gasteiger partial charge in [0.25, 0.3) is 5.56 Å². The van der Waals surface area contributed by atoms with E-state index in [1.165, 1.54) is 11.3 Å². The Morgan fingerprint density at radius 3 is 3.15 bits per heavy atom. The molecule has 20 heavy (non-hydrogen) atoms. The summed E-state index contributed by atoms with van der Waals surface area (Å²) in [5, 5.41) is 0. The Bertz CT molecular complexity index is 993. The van der Waals surface area contributed by atoms with Crippen molar-refractivity contribution in [3.8, 4) is 0 Å². The van der Waals surface area contributed by atoms with Crippen LogP contribution in [0.4, 0.5) is 0 Å². The first-order valence-electron chi connectivity index (χ1n) is 6.43. The molecule has 0 N–H and O–H groups in total. The number of rotatable bonds is 1. The quantitative estimate of drug-likeness (QED) is 0.646. The molecule has 0 fully saturated rings. The fraction of sp³-hybridized carbons (Fsp3) is 0.214. The first-order valence-corrected chi connectivity index (χ1v) is 7.25. The molecule has 0 saturated heterocycles. The highest BCUT2D eigenvalue weighted by Crippen LogP contribution is 2.12. The summed E-state index contributed by atoms with van der Waals surface area (Å²) in [6.45, 7) is 3.38. The van der Waals surface area contributed by atoms with Crippen molar-refractivity contribution in [2.75, 3.05) is 6.54 Å².